The van der Waals surface area contributed by atoms with Gasteiger partial charge in [-0.2, -0.15) is 0 Å². The molecule has 35 heavy (non-hydrogen) atoms. The molecule has 5 nitrogen and oxygen atoms in total. The number of aliphatic hydroxyl groups is 1. The van der Waals surface area contributed by atoms with Crippen LogP contribution in [0.15, 0.2) is 65.4 Å². The molecule has 2 aromatic carbocycles. The van der Waals surface area contributed by atoms with E-state index in [1.165, 1.54) is 6.07 Å². The Balaban J connectivity index is 1.59. The summed E-state index contributed by atoms with van der Waals surface area (Å²) in [7, 11) is 0. The minimum atomic E-state index is -0.945. The molecule has 0 radical (unpaired) electrons. The van der Waals surface area contributed by atoms with Crippen molar-refractivity contribution in [2.75, 3.05) is 31.2 Å². The Bertz CT molecular complexity index is 1350. The van der Waals surface area contributed by atoms with Crippen LogP contribution in [0, 0.1) is 12.7 Å². The molecule has 5 rings (SSSR count). The number of nitrogens with zero attached hydrogens (tertiary/aromatic N) is 3. The Morgan fingerprint density at radius 1 is 1.17 bits per heavy atom. The van der Waals surface area contributed by atoms with Gasteiger partial charge in [-0.05, 0) is 66.8 Å². The third-order valence-electron chi connectivity index (χ3n) is 6.57. The van der Waals surface area contributed by atoms with Gasteiger partial charge in [0.2, 0.25) is 0 Å². The molecule has 1 fully saturated rings. The zero-order chi connectivity index (χ0) is 24.4. The van der Waals surface area contributed by atoms with Crippen LogP contribution in [0.4, 0.5) is 10.1 Å². The van der Waals surface area contributed by atoms with Crippen LogP contribution in [0.25, 0.3) is 22.0 Å². The first kappa shape index (κ1) is 23.7. The van der Waals surface area contributed by atoms with Gasteiger partial charge >= 0.3 is 0 Å². The van der Waals surface area contributed by atoms with Crippen molar-refractivity contribution in [2.24, 2.45) is 4.99 Å². The molecule has 2 aliphatic rings. The number of halogens is 2. The van der Waals surface area contributed by atoms with E-state index >= 15 is 4.39 Å². The first-order chi connectivity index (χ1) is 17.0. The van der Waals surface area contributed by atoms with Crippen LogP contribution in [0.5, 0.6) is 0 Å². The molecule has 3 aromatic rings. The van der Waals surface area contributed by atoms with Crippen LogP contribution in [-0.2, 0) is 4.74 Å². The van der Waals surface area contributed by atoms with Crippen LogP contribution in [0.2, 0.25) is 5.02 Å². The zero-order valence-electron chi connectivity index (χ0n) is 19.5. The number of aromatic nitrogens is 1. The van der Waals surface area contributed by atoms with Crippen molar-refractivity contribution in [3.8, 4) is 11.1 Å². The standard InChI is InChI=1S/C28H27ClFN3O2/c1-18-17-32-26-14-20(33-10-12-35-13-11-33)6-7-21(26)27(18)23-15-22(24(29)16-25(23)30)28(34)19-4-2-8-31-9-3-5-19/h2,4,6-9,14-17,28,34H,3,5,10-13H2,1H3. The molecule has 0 bridgehead atoms. The molecule has 1 atom stereocenters. The topological polar surface area (TPSA) is 58.0 Å². The number of pyridine rings is 1. The second-order valence-electron chi connectivity index (χ2n) is 8.83. The van der Waals surface area contributed by atoms with Gasteiger partial charge in [0.25, 0.3) is 0 Å². The van der Waals surface area contributed by atoms with E-state index in [0.29, 0.717) is 37.2 Å². The lowest BCUT2D eigenvalue weighted by atomic mass is 9.91. The number of allylic oxidation sites excluding steroid dienone is 2. The average molecular weight is 492 g/mol. The lowest BCUT2D eigenvalue weighted by Crippen LogP contribution is -2.36. The van der Waals surface area contributed by atoms with Gasteiger partial charge in [-0.3, -0.25) is 9.98 Å². The predicted molar refractivity (Wildman–Crippen MR) is 140 cm³/mol. The normalized spacial score (nSPS) is 17.3. The van der Waals surface area contributed by atoms with Crippen molar-refractivity contribution in [3.05, 3.63) is 82.4 Å². The van der Waals surface area contributed by atoms with Gasteiger partial charge < -0.3 is 14.7 Å². The molecule has 1 aromatic heterocycles. The summed E-state index contributed by atoms with van der Waals surface area (Å²) >= 11 is 6.44. The number of hydrogen-bond donors (Lipinski definition) is 1. The first-order valence-corrected chi connectivity index (χ1v) is 12.2. The van der Waals surface area contributed by atoms with Gasteiger partial charge in [0.15, 0.2) is 0 Å². The summed E-state index contributed by atoms with van der Waals surface area (Å²) in [6, 6.07) is 9.07. The van der Waals surface area contributed by atoms with Gasteiger partial charge in [-0.25, -0.2) is 4.39 Å². The Hall–Kier alpha value is -3.06. The van der Waals surface area contributed by atoms with Crippen molar-refractivity contribution in [1.29, 1.82) is 0 Å². The van der Waals surface area contributed by atoms with E-state index in [9.17, 15) is 5.11 Å². The van der Waals surface area contributed by atoms with Gasteiger partial charge in [-0.15, -0.1) is 0 Å². The van der Waals surface area contributed by atoms with Gasteiger partial charge in [0.1, 0.15) is 11.9 Å². The second kappa shape index (κ2) is 10.3. The quantitative estimate of drug-likeness (QED) is 0.473. The number of fused-ring (bicyclic) bond motifs is 1. The Morgan fingerprint density at radius 3 is 2.83 bits per heavy atom. The monoisotopic (exact) mass is 491 g/mol. The first-order valence-electron chi connectivity index (χ1n) is 11.8. The number of benzene rings is 2. The maximum absolute atomic E-state index is 15.4. The number of ether oxygens (including phenoxy) is 1. The molecule has 1 saturated heterocycles. The molecule has 7 heteroatoms. The van der Waals surface area contributed by atoms with Crippen LogP contribution in [0.3, 0.4) is 0 Å². The van der Waals surface area contributed by atoms with Crippen LogP contribution in [0.1, 0.15) is 30.1 Å². The largest absolute Gasteiger partial charge is 0.384 e. The molecular weight excluding hydrogens is 465 g/mol. The molecule has 180 valence electrons. The van der Waals surface area contributed by atoms with E-state index in [1.54, 1.807) is 24.5 Å². The molecular formula is C28H27ClFN3O2. The number of anilines is 1. The van der Waals surface area contributed by atoms with Crippen molar-refractivity contribution < 1.29 is 14.2 Å². The SMILES string of the molecule is Cc1cnc2cc(N3CCOCC3)ccc2c1-c1cc(C(O)C2=CC=CN=CCC2)c(Cl)cc1F. The number of hydrogen-bond acceptors (Lipinski definition) is 5. The summed E-state index contributed by atoms with van der Waals surface area (Å²) in [6.45, 7) is 4.97. The number of rotatable bonds is 4. The maximum atomic E-state index is 15.4. The molecule has 3 heterocycles. The molecule has 2 aliphatic heterocycles. The van der Waals surface area contributed by atoms with Gasteiger partial charge in [0.05, 0.1) is 18.7 Å². The van der Waals surface area contributed by atoms with E-state index in [0.717, 1.165) is 46.4 Å². The number of morpholine rings is 1. The fourth-order valence-electron chi connectivity index (χ4n) is 4.72. The third kappa shape index (κ3) is 4.87. The summed E-state index contributed by atoms with van der Waals surface area (Å²) in [5.41, 5.74) is 5.15. The van der Waals surface area contributed by atoms with E-state index in [1.807, 2.05) is 31.3 Å². The Labute approximate surface area is 209 Å². The highest BCUT2D eigenvalue weighted by atomic mass is 35.5. The van der Waals surface area contributed by atoms with E-state index in [4.69, 9.17) is 16.3 Å². The highest BCUT2D eigenvalue weighted by Crippen LogP contribution is 2.39. The highest BCUT2D eigenvalue weighted by molar-refractivity contribution is 6.31. The molecule has 0 saturated carbocycles. The maximum Gasteiger partial charge on any atom is 0.132 e. The predicted octanol–water partition coefficient (Wildman–Crippen LogP) is 6.18. The highest BCUT2D eigenvalue weighted by Gasteiger charge is 2.22. The second-order valence-corrected chi connectivity index (χ2v) is 9.23. The van der Waals surface area contributed by atoms with Gasteiger partial charge in [0, 0.05) is 58.9 Å². The van der Waals surface area contributed by atoms with E-state index < -0.39 is 11.9 Å². The summed E-state index contributed by atoms with van der Waals surface area (Å²) < 4.78 is 20.8. The third-order valence-corrected chi connectivity index (χ3v) is 6.90. The average Bonchev–Trinajstić information content (AvgIpc) is 2.84. The lowest BCUT2D eigenvalue weighted by molar-refractivity contribution is 0.122. The van der Waals surface area contributed by atoms with Crippen LogP contribution < -0.4 is 4.90 Å². The summed E-state index contributed by atoms with van der Waals surface area (Å²) in [5.74, 6) is -0.433. The molecule has 1 N–H and O–H groups in total. The van der Waals surface area contributed by atoms with Crippen LogP contribution >= 0.6 is 11.6 Å². The van der Waals surface area contributed by atoms with Gasteiger partial charge in [-0.1, -0.05) is 23.7 Å². The Kier molecular flexibility index (Phi) is 6.95. The molecule has 0 spiro atoms. The van der Waals surface area contributed by atoms with E-state index in [-0.39, 0.29) is 5.02 Å². The lowest BCUT2D eigenvalue weighted by Gasteiger charge is -2.29. The minimum absolute atomic E-state index is 0.199. The fourth-order valence-corrected chi connectivity index (χ4v) is 4.97. The summed E-state index contributed by atoms with van der Waals surface area (Å²) in [6.07, 6.45) is 9.30. The fraction of sp³-hybridized carbons (Fsp3) is 0.286. The molecule has 0 amide bonds. The van der Waals surface area contributed by atoms with Crippen molar-refractivity contribution in [3.63, 3.8) is 0 Å². The number of aryl methyl sites for hydroxylation is 1. The molecule has 0 aliphatic carbocycles. The van der Waals surface area contributed by atoms with Crippen molar-refractivity contribution in [2.45, 2.75) is 25.9 Å². The number of aliphatic imine (C=N–C) groups is 1. The summed E-state index contributed by atoms with van der Waals surface area (Å²) in [4.78, 5) is 11.0. The van der Waals surface area contributed by atoms with Crippen molar-refractivity contribution >= 4 is 34.4 Å². The van der Waals surface area contributed by atoms with Crippen LogP contribution in [-0.4, -0.2) is 42.6 Å². The Morgan fingerprint density at radius 2 is 2.00 bits per heavy atom. The summed E-state index contributed by atoms with van der Waals surface area (Å²) in [5, 5.41) is 12.2. The zero-order valence-corrected chi connectivity index (χ0v) is 20.3. The van der Waals surface area contributed by atoms with E-state index in [2.05, 4.69) is 20.9 Å². The van der Waals surface area contributed by atoms with Crippen molar-refractivity contribution in [1.82, 2.24) is 4.98 Å². The smallest absolute Gasteiger partial charge is 0.132 e. The molecule has 1 unspecified atom stereocenters. The number of aliphatic hydroxyl groups excluding tert-OH is 1. The minimum Gasteiger partial charge on any atom is -0.384 e.